The van der Waals surface area contributed by atoms with E-state index in [1.807, 2.05) is 43.3 Å². The number of rotatable bonds is 7. The Balaban J connectivity index is 1.93. The van der Waals surface area contributed by atoms with Crippen molar-refractivity contribution in [3.05, 3.63) is 59.1 Å². The van der Waals surface area contributed by atoms with Crippen LogP contribution >= 0.6 is 11.6 Å². The SMILES string of the molecule is CCC(Nc1ccc(OC)cc1)C(=O)N/N=C/c1cccc(Cl)c1. The van der Waals surface area contributed by atoms with Gasteiger partial charge in [-0.2, -0.15) is 5.10 Å². The van der Waals surface area contributed by atoms with Crippen molar-refractivity contribution >= 4 is 29.4 Å². The maximum Gasteiger partial charge on any atom is 0.262 e. The van der Waals surface area contributed by atoms with E-state index in [-0.39, 0.29) is 11.9 Å². The number of anilines is 1. The number of halogens is 1. The molecule has 2 aromatic carbocycles. The van der Waals surface area contributed by atoms with Crippen LogP contribution in [-0.4, -0.2) is 25.3 Å². The summed E-state index contributed by atoms with van der Waals surface area (Å²) in [6.07, 6.45) is 2.19. The smallest absolute Gasteiger partial charge is 0.262 e. The van der Waals surface area contributed by atoms with Crippen molar-refractivity contribution in [3.63, 3.8) is 0 Å². The summed E-state index contributed by atoms with van der Waals surface area (Å²) in [4.78, 5) is 12.2. The number of methoxy groups -OCH3 is 1. The lowest BCUT2D eigenvalue weighted by Crippen LogP contribution is -2.36. The Morgan fingerprint density at radius 2 is 2.04 bits per heavy atom. The minimum Gasteiger partial charge on any atom is -0.497 e. The lowest BCUT2D eigenvalue weighted by Gasteiger charge is -2.16. The largest absolute Gasteiger partial charge is 0.497 e. The zero-order valence-electron chi connectivity index (χ0n) is 13.6. The molecule has 0 aliphatic rings. The molecule has 0 aliphatic heterocycles. The first-order valence-electron chi connectivity index (χ1n) is 7.61. The molecule has 1 atom stereocenters. The first-order chi connectivity index (χ1) is 11.6. The Kier molecular flexibility index (Phi) is 6.63. The molecule has 1 amide bonds. The lowest BCUT2D eigenvalue weighted by molar-refractivity contribution is -0.121. The zero-order valence-corrected chi connectivity index (χ0v) is 14.4. The second-order valence-electron chi connectivity index (χ2n) is 5.12. The average molecular weight is 346 g/mol. The molecule has 24 heavy (non-hydrogen) atoms. The number of hydrazone groups is 1. The molecule has 0 spiro atoms. The van der Waals surface area contributed by atoms with Crippen LogP contribution in [0.2, 0.25) is 5.02 Å². The summed E-state index contributed by atoms with van der Waals surface area (Å²) in [5, 5.41) is 7.78. The number of ether oxygens (including phenoxy) is 1. The van der Waals surface area contributed by atoms with Gasteiger partial charge in [-0.3, -0.25) is 4.79 Å². The van der Waals surface area contributed by atoms with E-state index in [2.05, 4.69) is 15.8 Å². The summed E-state index contributed by atoms with van der Waals surface area (Å²) in [6.45, 7) is 1.93. The molecule has 0 radical (unpaired) electrons. The monoisotopic (exact) mass is 345 g/mol. The zero-order chi connectivity index (χ0) is 17.4. The summed E-state index contributed by atoms with van der Waals surface area (Å²) < 4.78 is 5.12. The van der Waals surface area contributed by atoms with Crippen LogP contribution in [-0.2, 0) is 4.79 Å². The molecular weight excluding hydrogens is 326 g/mol. The molecule has 2 aromatic rings. The highest BCUT2D eigenvalue weighted by Crippen LogP contribution is 2.16. The van der Waals surface area contributed by atoms with Crippen LogP contribution in [0.3, 0.4) is 0 Å². The first-order valence-corrected chi connectivity index (χ1v) is 7.99. The van der Waals surface area contributed by atoms with Crippen molar-refractivity contribution in [1.29, 1.82) is 0 Å². The molecule has 2 N–H and O–H groups in total. The number of carbonyl (C=O) groups is 1. The molecule has 0 heterocycles. The first kappa shape index (κ1) is 17.8. The average Bonchev–Trinajstić information content (AvgIpc) is 2.60. The topological polar surface area (TPSA) is 62.7 Å². The van der Waals surface area contributed by atoms with E-state index in [1.165, 1.54) is 0 Å². The van der Waals surface area contributed by atoms with Gasteiger partial charge in [0.15, 0.2) is 0 Å². The maximum atomic E-state index is 12.2. The van der Waals surface area contributed by atoms with Crippen molar-refractivity contribution in [2.45, 2.75) is 19.4 Å². The molecular formula is C18H20ClN3O2. The molecule has 0 bridgehead atoms. The molecule has 0 aliphatic carbocycles. The Hall–Kier alpha value is -2.53. The molecule has 1 unspecified atom stereocenters. The van der Waals surface area contributed by atoms with Crippen LogP contribution in [0, 0.1) is 0 Å². The van der Waals surface area contributed by atoms with Crippen molar-refractivity contribution < 1.29 is 9.53 Å². The predicted molar refractivity (Wildman–Crippen MR) is 97.9 cm³/mol. The van der Waals surface area contributed by atoms with Gasteiger partial charge < -0.3 is 10.1 Å². The number of carbonyl (C=O) groups excluding carboxylic acids is 1. The molecule has 5 nitrogen and oxygen atoms in total. The van der Waals surface area contributed by atoms with Crippen molar-refractivity contribution in [3.8, 4) is 5.75 Å². The van der Waals surface area contributed by atoms with Gasteiger partial charge in [-0.1, -0.05) is 30.7 Å². The third-order valence-electron chi connectivity index (χ3n) is 3.39. The van der Waals surface area contributed by atoms with Crippen LogP contribution < -0.4 is 15.5 Å². The van der Waals surface area contributed by atoms with Crippen molar-refractivity contribution in [2.75, 3.05) is 12.4 Å². The third-order valence-corrected chi connectivity index (χ3v) is 3.63. The van der Waals surface area contributed by atoms with Crippen LogP contribution in [0.4, 0.5) is 5.69 Å². The van der Waals surface area contributed by atoms with E-state index in [4.69, 9.17) is 16.3 Å². The predicted octanol–water partition coefficient (Wildman–Crippen LogP) is 3.69. The van der Waals surface area contributed by atoms with E-state index >= 15 is 0 Å². The number of hydrogen-bond acceptors (Lipinski definition) is 4. The highest BCUT2D eigenvalue weighted by Gasteiger charge is 2.15. The van der Waals surface area contributed by atoms with Gasteiger partial charge in [-0.05, 0) is 48.4 Å². The van der Waals surface area contributed by atoms with Crippen LogP contribution in [0.5, 0.6) is 5.75 Å². The van der Waals surface area contributed by atoms with Crippen LogP contribution in [0.1, 0.15) is 18.9 Å². The van der Waals surface area contributed by atoms with E-state index in [0.717, 1.165) is 17.0 Å². The minimum absolute atomic E-state index is 0.202. The highest BCUT2D eigenvalue weighted by molar-refractivity contribution is 6.30. The molecule has 126 valence electrons. The molecule has 6 heteroatoms. The number of benzene rings is 2. The summed E-state index contributed by atoms with van der Waals surface area (Å²) >= 11 is 5.90. The summed E-state index contributed by atoms with van der Waals surface area (Å²) in [7, 11) is 1.61. The van der Waals surface area contributed by atoms with Gasteiger partial charge >= 0.3 is 0 Å². The van der Waals surface area contributed by atoms with Crippen molar-refractivity contribution in [1.82, 2.24) is 5.43 Å². The van der Waals surface area contributed by atoms with Gasteiger partial charge in [0.25, 0.3) is 5.91 Å². The molecule has 0 aromatic heterocycles. The van der Waals surface area contributed by atoms with Gasteiger partial charge in [0, 0.05) is 10.7 Å². The fraction of sp³-hybridized carbons (Fsp3) is 0.222. The molecule has 0 saturated carbocycles. The molecule has 0 fully saturated rings. The molecule has 0 saturated heterocycles. The Bertz CT molecular complexity index is 702. The number of hydrogen-bond donors (Lipinski definition) is 2. The lowest BCUT2D eigenvalue weighted by atomic mass is 10.2. The normalized spacial score (nSPS) is 12.0. The minimum atomic E-state index is -0.380. The van der Waals surface area contributed by atoms with E-state index in [1.54, 1.807) is 25.5 Å². The van der Waals surface area contributed by atoms with E-state index < -0.39 is 0 Å². The van der Waals surface area contributed by atoms with Gasteiger partial charge in [-0.15, -0.1) is 0 Å². The van der Waals surface area contributed by atoms with Gasteiger partial charge in [0.1, 0.15) is 11.8 Å². The Labute approximate surface area is 146 Å². The maximum absolute atomic E-state index is 12.2. The van der Waals surface area contributed by atoms with Gasteiger partial charge in [0.05, 0.1) is 13.3 Å². The summed E-state index contributed by atoms with van der Waals surface area (Å²) in [5.74, 6) is 0.566. The Morgan fingerprint density at radius 3 is 2.67 bits per heavy atom. The fourth-order valence-electron chi connectivity index (χ4n) is 2.08. The third kappa shape index (κ3) is 5.28. The number of nitrogens with one attached hydrogen (secondary N) is 2. The fourth-order valence-corrected chi connectivity index (χ4v) is 2.28. The van der Waals surface area contributed by atoms with Gasteiger partial charge in [0.2, 0.25) is 0 Å². The Morgan fingerprint density at radius 1 is 1.29 bits per heavy atom. The van der Waals surface area contributed by atoms with E-state index in [9.17, 15) is 4.79 Å². The second-order valence-corrected chi connectivity index (χ2v) is 5.56. The summed E-state index contributed by atoms with van der Waals surface area (Å²) in [5.41, 5.74) is 4.21. The second kappa shape index (κ2) is 8.93. The quantitative estimate of drug-likeness (QED) is 0.594. The molecule has 2 rings (SSSR count). The van der Waals surface area contributed by atoms with E-state index in [0.29, 0.717) is 11.4 Å². The van der Waals surface area contributed by atoms with Crippen LogP contribution in [0.25, 0.3) is 0 Å². The van der Waals surface area contributed by atoms with Crippen molar-refractivity contribution in [2.24, 2.45) is 5.10 Å². The number of nitrogens with zero attached hydrogens (tertiary/aromatic N) is 1. The van der Waals surface area contributed by atoms with Crippen LogP contribution in [0.15, 0.2) is 53.6 Å². The van der Waals surface area contributed by atoms with Gasteiger partial charge in [-0.25, -0.2) is 5.43 Å². The highest BCUT2D eigenvalue weighted by atomic mass is 35.5. The number of amides is 1. The standard InChI is InChI=1S/C18H20ClN3O2/c1-3-17(21-15-7-9-16(24-2)10-8-15)18(23)22-20-12-13-5-4-6-14(19)11-13/h4-12,17,21H,3H2,1-2H3,(H,22,23)/b20-12+. The summed E-state index contributed by atoms with van der Waals surface area (Å²) in [6, 6.07) is 14.3.